The molecule has 1 rings (SSSR count). The van der Waals surface area contributed by atoms with Gasteiger partial charge in [0.15, 0.2) is 11.5 Å². The lowest BCUT2D eigenvalue weighted by atomic mass is 10.1. The van der Waals surface area contributed by atoms with E-state index < -0.39 is 12.5 Å². The smallest absolute Gasteiger partial charge is 0.257 e. The first kappa shape index (κ1) is 15.4. The summed E-state index contributed by atoms with van der Waals surface area (Å²) >= 11 is 3.05. The summed E-state index contributed by atoms with van der Waals surface area (Å²) < 4.78 is 30.0. The summed E-state index contributed by atoms with van der Waals surface area (Å²) in [5.41, 5.74) is 5.22. The quantitative estimate of drug-likeness (QED) is 0.901. The van der Waals surface area contributed by atoms with Gasteiger partial charge in [0.05, 0.1) is 13.2 Å². The van der Waals surface area contributed by atoms with Crippen LogP contribution in [0.3, 0.4) is 0 Å². The zero-order valence-corrected chi connectivity index (χ0v) is 10.7. The summed E-state index contributed by atoms with van der Waals surface area (Å²) in [5.74, 6) is -0.246. The van der Waals surface area contributed by atoms with E-state index >= 15 is 0 Å². The number of benzene rings is 1. The summed E-state index contributed by atoms with van der Waals surface area (Å²) in [6, 6.07) is 1.41. The van der Waals surface area contributed by atoms with Crippen LogP contribution in [0.25, 0.3) is 0 Å². The van der Waals surface area contributed by atoms with E-state index in [1.54, 1.807) is 0 Å². The van der Waals surface area contributed by atoms with Gasteiger partial charge in [0.2, 0.25) is 0 Å². The molecule has 1 atom stereocenters. The average molecular weight is 319 g/mol. The maximum atomic E-state index is 12.4. The third-order valence-corrected chi connectivity index (χ3v) is 2.64. The molecule has 0 aliphatic carbocycles. The van der Waals surface area contributed by atoms with E-state index in [2.05, 4.69) is 15.9 Å². The number of hydrogen-bond donors (Lipinski definition) is 2. The van der Waals surface area contributed by atoms with Crippen LogP contribution in [-0.4, -0.2) is 18.6 Å². The van der Waals surface area contributed by atoms with Gasteiger partial charge < -0.3 is 15.6 Å². The van der Waals surface area contributed by atoms with Crippen LogP contribution in [0.4, 0.5) is 8.78 Å². The highest BCUT2D eigenvalue weighted by atomic mass is 79.9. The minimum absolute atomic E-state index is 0. The van der Waals surface area contributed by atoms with Gasteiger partial charge in [0.25, 0.3) is 6.43 Å². The van der Waals surface area contributed by atoms with Crippen molar-refractivity contribution in [2.45, 2.75) is 12.5 Å². The second kappa shape index (κ2) is 6.22. The summed E-state index contributed by atoms with van der Waals surface area (Å²) in [6.45, 7) is 0. The summed E-state index contributed by atoms with van der Waals surface area (Å²) in [4.78, 5) is 0. The number of hydrogen-bond acceptors (Lipinski definition) is 3. The number of alkyl halides is 2. The van der Waals surface area contributed by atoms with E-state index in [0.717, 1.165) is 0 Å². The zero-order chi connectivity index (χ0) is 11.6. The second-order valence-corrected chi connectivity index (χ2v) is 3.73. The van der Waals surface area contributed by atoms with E-state index in [0.29, 0.717) is 4.47 Å². The molecule has 0 fully saturated rings. The molecule has 0 unspecified atom stereocenters. The highest BCUT2D eigenvalue weighted by molar-refractivity contribution is 9.10. The Kier molecular flexibility index (Phi) is 5.99. The lowest BCUT2D eigenvalue weighted by Crippen LogP contribution is -2.19. The normalized spacial score (nSPS) is 12.1. The van der Waals surface area contributed by atoms with Crippen LogP contribution in [0.2, 0.25) is 0 Å². The molecule has 0 aromatic heterocycles. The molecule has 1 aromatic rings. The Morgan fingerprint density at radius 3 is 2.44 bits per heavy atom. The van der Waals surface area contributed by atoms with Crippen LogP contribution in [0.1, 0.15) is 11.6 Å². The minimum atomic E-state index is -2.75. The first-order chi connectivity index (χ1) is 6.99. The lowest BCUT2D eigenvalue weighted by Gasteiger charge is -2.16. The van der Waals surface area contributed by atoms with Gasteiger partial charge in [-0.15, -0.1) is 12.4 Å². The zero-order valence-electron chi connectivity index (χ0n) is 8.28. The summed E-state index contributed by atoms with van der Waals surface area (Å²) in [5, 5.41) is 9.62. The molecule has 0 saturated heterocycles. The predicted molar refractivity (Wildman–Crippen MR) is 62.5 cm³/mol. The molecule has 0 spiro atoms. The Morgan fingerprint density at radius 2 is 2.00 bits per heavy atom. The summed E-state index contributed by atoms with van der Waals surface area (Å²) in [7, 11) is 1.33. The SMILES string of the molecule is COc1ccc(Br)c([C@@H](N)C(F)F)c1O.Cl. The summed E-state index contributed by atoms with van der Waals surface area (Å²) in [6.07, 6.45) is -2.75. The number of rotatable bonds is 3. The van der Waals surface area contributed by atoms with Crippen molar-refractivity contribution >= 4 is 28.3 Å². The molecule has 0 saturated carbocycles. The molecule has 3 nitrogen and oxygen atoms in total. The fourth-order valence-corrected chi connectivity index (χ4v) is 1.76. The van der Waals surface area contributed by atoms with Gasteiger partial charge >= 0.3 is 0 Å². The van der Waals surface area contributed by atoms with Crippen LogP contribution in [0, 0.1) is 0 Å². The first-order valence-corrected chi connectivity index (χ1v) is 4.87. The standard InChI is InChI=1S/C9H10BrF2NO2.ClH/c1-15-5-3-2-4(10)6(8(5)14)7(13)9(11)12;/h2-3,7,9,14H,13H2,1H3;1H/t7-;/m1./s1. The third-order valence-electron chi connectivity index (χ3n) is 1.95. The molecular formula is C9H11BrClF2NO2. The van der Waals surface area contributed by atoms with Crippen molar-refractivity contribution in [3.63, 3.8) is 0 Å². The fraction of sp³-hybridized carbons (Fsp3) is 0.333. The Morgan fingerprint density at radius 1 is 1.44 bits per heavy atom. The van der Waals surface area contributed by atoms with Gasteiger partial charge in [-0.25, -0.2) is 8.78 Å². The van der Waals surface area contributed by atoms with Crippen molar-refractivity contribution < 1.29 is 18.6 Å². The highest BCUT2D eigenvalue weighted by Gasteiger charge is 2.25. The monoisotopic (exact) mass is 317 g/mol. The number of phenols is 1. The van der Waals surface area contributed by atoms with Gasteiger partial charge in [0, 0.05) is 10.0 Å². The van der Waals surface area contributed by atoms with Crippen molar-refractivity contribution in [2.75, 3.05) is 7.11 Å². The van der Waals surface area contributed by atoms with E-state index in [4.69, 9.17) is 10.5 Å². The van der Waals surface area contributed by atoms with Crippen LogP contribution >= 0.6 is 28.3 Å². The van der Waals surface area contributed by atoms with Crippen LogP contribution in [0.5, 0.6) is 11.5 Å². The van der Waals surface area contributed by atoms with Crippen molar-refractivity contribution in [1.29, 1.82) is 0 Å². The molecule has 0 aliphatic heterocycles. The van der Waals surface area contributed by atoms with E-state index in [1.165, 1.54) is 19.2 Å². The molecule has 0 bridgehead atoms. The number of ether oxygens (including phenoxy) is 1. The maximum absolute atomic E-state index is 12.4. The number of halogens is 4. The van der Waals surface area contributed by atoms with Gasteiger partial charge in [-0.05, 0) is 12.1 Å². The van der Waals surface area contributed by atoms with Gasteiger partial charge in [-0.2, -0.15) is 0 Å². The largest absolute Gasteiger partial charge is 0.504 e. The molecule has 92 valence electrons. The molecule has 0 aliphatic rings. The molecule has 0 radical (unpaired) electrons. The Balaban J connectivity index is 0.00000225. The molecule has 0 heterocycles. The number of nitrogens with two attached hydrogens (primary N) is 1. The number of aromatic hydroxyl groups is 1. The van der Waals surface area contributed by atoms with Gasteiger partial charge in [-0.3, -0.25) is 0 Å². The van der Waals surface area contributed by atoms with Gasteiger partial charge in [0.1, 0.15) is 0 Å². The van der Waals surface area contributed by atoms with E-state index in [1.807, 2.05) is 0 Å². The Bertz CT molecular complexity index is 366. The van der Waals surface area contributed by atoms with Crippen LogP contribution in [0.15, 0.2) is 16.6 Å². The lowest BCUT2D eigenvalue weighted by molar-refractivity contribution is 0.114. The molecule has 7 heteroatoms. The number of methoxy groups -OCH3 is 1. The van der Waals surface area contributed by atoms with Crippen molar-refractivity contribution in [3.05, 3.63) is 22.2 Å². The van der Waals surface area contributed by atoms with Gasteiger partial charge in [-0.1, -0.05) is 15.9 Å². The third kappa shape index (κ3) is 2.96. The maximum Gasteiger partial charge on any atom is 0.257 e. The first-order valence-electron chi connectivity index (χ1n) is 4.08. The molecule has 0 amide bonds. The average Bonchev–Trinajstić information content (AvgIpc) is 2.17. The predicted octanol–water partition coefficient (Wildman–Crippen LogP) is 2.85. The van der Waals surface area contributed by atoms with Crippen molar-refractivity contribution in [2.24, 2.45) is 5.73 Å². The van der Waals surface area contributed by atoms with E-state index in [9.17, 15) is 13.9 Å². The van der Waals surface area contributed by atoms with E-state index in [-0.39, 0.29) is 29.5 Å². The molecule has 1 aromatic carbocycles. The Hall–Kier alpha value is -0.590. The minimum Gasteiger partial charge on any atom is -0.504 e. The topological polar surface area (TPSA) is 55.5 Å². The highest BCUT2D eigenvalue weighted by Crippen LogP contribution is 2.39. The van der Waals surface area contributed by atoms with Crippen molar-refractivity contribution in [3.8, 4) is 11.5 Å². The molecule has 3 N–H and O–H groups in total. The van der Waals surface area contributed by atoms with Crippen molar-refractivity contribution in [1.82, 2.24) is 0 Å². The fourth-order valence-electron chi connectivity index (χ4n) is 1.17. The van der Waals surface area contributed by atoms with Crippen LogP contribution in [-0.2, 0) is 0 Å². The molecular weight excluding hydrogens is 307 g/mol. The number of phenolic OH excluding ortho intramolecular Hbond substituents is 1. The van der Waals surface area contributed by atoms with Crippen LogP contribution < -0.4 is 10.5 Å². The Labute approximate surface area is 106 Å². The second-order valence-electron chi connectivity index (χ2n) is 2.87. The molecule has 16 heavy (non-hydrogen) atoms.